The van der Waals surface area contributed by atoms with Gasteiger partial charge in [-0.1, -0.05) is 27.7 Å². The topological polar surface area (TPSA) is 193 Å². The number of alkyl halides is 3. The summed E-state index contributed by atoms with van der Waals surface area (Å²) in [7, 11) is 0. The van der Waals surface area contributed by atoms with Crippen molar-refractivity contribution >= 4 is 46.9 Å². The predicted octanol–water partition coefficient (Wildman–Crippen LogP) is 7.02. The van der Waals surface area contributed by atoms with E-state index in [9.17, 15) is 27.6 Å². The molecule has 0 unspecified atom stereocenters. The molecule has 2 atom stereocenters. The van der Waals surface area contributed by atoms with Crippen LogP contribution >= 0.6 is 0 Å². The van der Waals surface area contributed by atoms with Crippen molar-refractivity contribution in [3.63, 3.8) is 0 Å². The summed E-state index contributed by atoms with van der Waals surface area (Å²) in [5.74, 6) is 1.95. The number of ether oxygens (including phenoxy) is 5. The number of carbonyl (C=O) groups is 4. The van der Waals surface area contributed by atoms with Crippen LogP contribution in [0.5, 0.6) is 23.0 Å². The van der Waals surface area contributed by atoms with Crippen molar-refractivity contribution in [3.05, 3.63) is 35.4 Å². The van der Waals surface area contributed by atoms with Crippen LogP contribution in [0.3, 0.4) is 0 Å². The molecular formula is C44H58F3N7O10. The summed E-state index contributed by atoms with van der Waals surface area (Å²) < 4.78 is 61.9. The molecule has 3 N–H and O–H groups in total. The Morgan fingerprint density at radius 2 is 1.19 bits per heavy atom. The molecule has 1 aliphatic carbocycles. The molecule has 0 aromatic heterocycles. The Bertz CT molecular complexity index is 2230. The Morgan fingerprint density at radius 1 is 0.781 bits per heavy atom. The number of fused-ring (bicyclic) bond motifs is 6. The van der Waals surface area contributed by atoms with Gasteiger partial charge in [-0.25, -0.2) is 20.4 Å². The maximum atomic E-state index is 12.3. The minimum atomic E-state index is -5.08. The van der Waals surface area contributed by atoms with E-state index in [1.807, 2.05) is 69.5 Å². The van der Waals surface area contributed by atoms with Crippen LogP contribution in [-0.4, -0.2) is 107 Å². The minimum Gasteiger partial charge on any atom is -0.487 e. The fourth-order valence-electron chi connectivity index (χ4n) is 7.80. The number of likely N-dealkylation sites (tertiary alicyclic amines) is 1. The molecule has 5 heterocycles. The molecule has 0 spiro atoms. The van der Waals surface area contributed by atoms with Crippen molar-refractivity contribution in [1.29, 1.82) is 0 Å². The number of aliphatic carboxylic acids is 1. The lowest BCUT2D eigenvalue weighted by atomic mass is 9.81. The SMILES string of the molecule is CC(C)c1cc2c(cc1OC1(C)CCC1)N1C(=NNC(=O)[C@@H]1C)CO2.CC(C)c1cc2c(cc1OC1(C)CN(C(=O)OC(C)(C)C)C1)N1C(=NNC(=O)[C@@H]1C)CO2.O=C(O)C(F)(F)F. The van der Waals surface area contributed by atoms with Crippen molar-refractivity contribution < 1.29 is 61.1 Å². The molecule has 20 heteroatoms. The number of halogens is 3. The van der Waals surface area contributed by atoms with Gasteiger partial charge in [0.1, 0.15) is 65.1 Å². The summed E-state index contributed by atoms with van der Waals surface area (Å²) in [6.45, 7) is 23.4. The predicted molar refractivity (Wildman–Crippen MR) is 231 cm³/mol. The molecule has 8 rings (SSSR count). The number of hydrazone groups is 2. The van der Waals surface area contributed by atoms with Crippen LogP contribution < -0.4 is 39.6 Å². The molecule has 17 nitrogen and oxygen atoms in total. The van der Waals surface area contributed by atoms with Gasteiger partial charge in [-0.2, -0.15) is 23.4 Å². The van der Waals surface area contributed by atoms with Crippen LogP contribution in [0, 0.1) is 0 Å². The Balaban J connectivity index is 0.000000189. The number of amides is 3. The van der Waals surface area contributed by atoms with Gasteiger partial charge in [0.2, 0.25) is 0 Å². The van der Waals surface area contributed by atoms with Crippen molar-refractivity contribution in [1.82, 2.24) is 15.8 Å². The number of hydrogen-bond donors (Lipinski definition) is 3. The molecule has 350 valence electrons. The van der Waals surface area contributed by atoms with E-state index in [0.717, 1.165) is 52.7 Å². The molecular weight excluding hydrogens is 844 g/mol. The highest BCUT2D eigenvalue weighted by molar-refractivity contribution is 6.10. The minimum absolute atomic E-state index is 0.0881. The Hall–Kier alpha value is -5.95. The van der Waals surface area contributed by atoms with Crippen LogP contribution in [0.25, 0.3) is 0 Å². The molecule has 3 amide bonds. The lowest BCUT2D eigenvalue weighted by molar-refractivity contribution is -0.192. The molecule has 5 aliphatic heterocycles. The quantitative estimate of drug-likeness (QED) is 0.269. The second-order valence-corrected chi connectivity index (χ2v) is 18.8. The lowest BCUT2D eigenvalue weighted by Gasteiger charge is -2.48. The van der Waals surface area contributed by atoms with Crippen molar-refractivity contribution in [2.75, 3.05) is 36.1 Å². The third-order valence-corrected chi connectivity index (χ3v) is 11.4. The number of benzene rings is 2. The third-order valence-electron chi connectivity index (χ3n) is 11.4. The van der Waals surface area contributed by atoms with E-state index in [1.54, 1.807) is 4.90 Å². The van der Waals surface area contributed by atoms with Gasteiger partial charge in [0.15, 0.2) is 11.7 Å². The highest BCUT2D eigenvalue weighted by Gasteiger charge is 2.46. The van der Waals surface area contributed by atoms with Crippen LogP contribution in [0.4, 0.5) is 29.3 Å². The second-order valence-electron chi connectivity index (χ2n) is 18.8. The van der Waals surface area contributed by atoms with E-state index >= 15 is 0 Å². The number of carboxylic acid groups (broad SMARTS) is 1. The van der Waals surface area contributed by atoms with E-state index in [2.05, 4.69) is 61.7 Å². The van der Waals surface area contributed by atoms with Crippen molar-refractivity contribution in [3.8, 4) is 23.0 Å². The summed E-state index contributed by atoms with van der Waals surface area (Å²) in [4.78, 5) is 51.0. The van der Waals surface area contributed by atoms with Crippen molar-refractivity contribution in [2.24, 2.45) is 10.2 Å². The molecule has 2 fully saturated rings. The standard InChI is InChI=1S/C23H32N4O5.C19H25N3O3.C2HF3O2/c1-13(2)15-8-18-16(27-14(3)20(28)25-24-19(27)10-30-18)9-17(15)31-23(7)11-26(12-23)21(29)32-22(4,5)6;1-11(2)13-8-16-14(9-15(13)25-19(4)6-5-7-19)22-12(3)18(23)21-20-17(22)10-24-16;3-2(4,5)1(6)7/h8-9,13-14H,10-12H2,1-7H3,(H,25,28);8-9,11-12H,5-7,10H2,1-4H3,(H,21,23);(H,6,7)/t14-;12-;/m00./s1. The number of nitrogens with one attached hydrogen (secondary N) is 2. The number of hydrogen-bond acceptors (Lipinski definition) is 13. The highest BCUT2D eigenvalue weighted by Crippen LogP contribution is 2.46. The Kier molecular flexibility index (Phi) is 13.0. The fraction of sp³-hybridized carbons (Fsp3) is 0.591. The number of anilines is 2. The number of nitrogens with zero attached hydrogens (tertiary/aromatic N) is 5. The van der Waals surface area contributed by atoms with Crippen LogP contribution in [-0.2, 0) is 19.1 Å². The second kappa shape index (κ2) is 17.6. The van der Waals surface area contributed by atoms with Gasteiger partial charge in [-0.15, -0.1) is 0 Å². The van der Waals surface area contributed by atoms with Gasteiger partial charge in [0, 0.05) is 23.3 Å². The van der Waals surface area contributed by atoms with E-state index < -0.39 is 29.4 Å². The van der Waals surface area contributed by atoms with Crippen LogP contribution in [0.1, 0.15) is 118 Å². The van der Waals surface area contributed by atoms with Crippen molar-refractivity contribution in [2.45, 2.75) is 142 Å². The zero-order chi connectivity index (χ0) is 47.3. The summed E-state index contributed by atoms with van der Waals surface area (Å²) in [5.41, 5.74) is 7.70. The van der Waals surface area contributed by atoms with Gasteiger partial charge in [-0.3, -0.25) is 9.59 Å². The normalized spacial score (nSPS) is 21.3. The molecule has 64 heavy (non-hydrogen) atoms. The summed E-state index contributed by atoms with van der Waals surface area (Å²) in [5, 5.41) is 15.4. The number of amidine groups is 2. The first-order chi connectivity index (χ1) is 29.7. The largest absolute Gasteiger partial charge is 0.490 e. The maximum absolute atomic E-state index is 12.3. The highest BCUT2D eigenvalue weighted by atomic mass is 19.4. The molecule has 6 aliphatic rings. The zero-order valence-electron chi connectivity index (χ0n) is 38.1. The third kappa shape index (κ3) is 10.2. The molecule has 0 bridgehead atoms. The smallest absolute Gasteiger partial charge is 0.487 e. The first-order valence-corrected chi connectivity index (χ1v) is 21.3. The number of carboxylic acids is 1. The monoisotopic (exact) mass is 901 g/mol. The first kappa shape index (κ1) is 47.5. The number of rotatable bonds is 6. The average Bonchev–Trinajstić information content (AvgIpc) is 3.17. The summed E-state index contributed by atoms with van der Waals surface area (Å²) >= 11 is 0. The van der Waals surface area contributed by atoms with Crippen LogP contribution in [0.2, 0.25) is 0 Å². The van der Waals surface area contributed by atoms with Gasteiger partial charge in [0.25, 0.3) is 11.8 Å². The van der Waals surface area contributed by atoms with E-state index in [-0.39, 0.29) is 42.1 Å². The average molecular weight is 902 g/mol. The van der Waals surface area contributed by atoms with Gasteiger partial charge >= 0.3 is 18.2 Å². The molecule has 2 aromatic carbocycles. The summed E-state index contributed by atoms with van der Waals surface area (Å²) in [6, 6.07) is 7.26. The lowest BCUT2D eigenvalue weighted by Crippen LogP contribution is -2.65. The van der Waals surface area contributed by atoms with Crippen LogP contribution in [0.15, 0.2) is 34.5 Å². The molecule has 2 aromatic rings. The van der Waals surface area contributed by atoms with Gasteiger partial charge in [-0.05, 0) is 91.7 Å². The Morgan fingerprint density at radius 3 is 1.53 bits per heavy atom. The molecule has 1 saturated carbocycles. The Labute approximate surface area is 370 Å². The fourth-order valence-corrected chi connectivity index (χ4v) is 7.80. The van der Waals surface area contributed by atoms with Gasteiger partial charge < -0.3 is 43.5 Å². The van der Waals surface area contributed by atoms with E-state index in [0.29, 0.717) is 42.9 Å². The first-order valence-electron chi connectivity index (χ1n) is 21.3. The van der Waals surface area contributed by atoms with Gasteiger partial charge in [0.05, 0.1) is 24.5 Å². The zero-order valence-corrected chi connectivity index (χ0v) is 38.1. The number of carbonyl (C=O) groups excluding carboxylic acids is 3. The summed E-state index contributed by atoms with van der Waals surface area (Å²) in [6.07, 6.45) is -2.06. The molecule has 1 saturated heterocycles. The maximum Gasteiger partial charge on any atom is 0.490 e. The van der Waals surface area contributed by atoms with E-state index in [1.165, 1.54) is 6.42 Å². The van der Waals surface area contributed by atoms with E-state index in [4.69, 9.17) is 33.6 Å². The molecule has 0 radical (unpaired) electrons.